The maximum absolute atomic E-state index is 13.9. The molecule has 2 atom stereocenters. The van der Waals surface area contributed by atoms with Crippen LogP contribution >= 0.6 is 0 Å². The van der Waals surface area contributed by atoms with E-state index in [-0.39, 0.29) is 17.7 Å². The molecule has 1 saturated heterocycles. The number of ether oxygens (including phenoxy) is 2. The number of imidazole rings is 1. The fraction of sp³-hybridized carbons (Fsp3) is 0.400. The van der Waals surface area contributed by atoms with Gasteiger partial charge in [-0.25, -0.2) is 9.37 Å². The molecular formula is C15H18FN3O2. The Hall–Kier alpha value is -1.92. The highest BCUT2D eigenvalue weighted by atomic mass is 19.1. The van der Waals surface area contributed by atoms with Crippen LogP contribution in [0.5, 0.6) is 5.75 Å². The van der Waals surface area contributed by atoms with E-state index in [1.54, 1.807) is 24.7 Å². The lowest BCUT2D eigenvalue weighted by atomic mass is 9.97. The monoisotopic (exact) mass is 291 g/mol. The minimum absolute atomic E-state index is 0.180. The van der Waals surface area contributed by atoms with Gasteiger partial charge in [-0.2, -0.15) is 0 Å². The van der Waals surface area contributed by atoms with E-state index in [1.807, 2.05) is 4.57 Å². The van der Waals surface area contributed by atoms with Gasteiger partial charge in [-0.05, 0) is 18.6 Å². The number of hydrogen-bond acceptors (Lipinski definition) is 4. The summed E-state index contributed by atoms with van der Waals surface area (Å²) in [6, 6.07) is 4.62. The zero-order valence-corrected chi connectivity index (χ0v) is 11.8. The summed E-state index contributed by atoms with van der Waals surface area (Å²) in [6.45, 7) is 1.40. The number of benzene rings is 1. The second-order valence-corrected chi connectivity index (χ2v) is 5.16. The molecule has 21 heavy (non-hydrogen) atoms. The summed E-state index contributed by atoms with van der Waals surface area (Å²) in [4.78, 5) is 4.15. The molecule has 1 aliphatic rings. The molecule has 2 unspecified atom stereocenters. The minimum Gasteiger partial charge on any atom is -0.494 e. The van der Waals surface area contributed by atoms with E-state index < -0.39 is 5.82 Å². The van der Waals surface area contributed by atoms with E-state index in [0.717, 1.165) is 18.7 Å². The first kappa shape index (κ1) is 14.0. The minimum atomic E-state index is -0.410. The molecule has 5 nitrogen and oxygen atoms in total. The van der Waals surface area contributed by atoms with Crippen molar-refractivity contribution >= 4 is 0 Å². The van der Waals surface area contributed by atoms with Crippen LogP contribution < -0.4 is 10.5 Å². The Bertz CT molecular complexity index is 623. The number of halogens is 1. The molecule has 1 aromatic heterocycles. The Labute approximate surface area is 122 Å². The standard InChI is InChI=1S/C15H18FN3O2/c1-20-14-3-2-11(6-12(14)16)19-9-18-7-13(19)15(17)10-4-5-21-8-10/h2-3,6-7,9-10,15H,4-5,8,17H2,1H3. The molecule has 2 N–H and O–H groups in total. The zero-order chi connectivity index (χ0) is 14.8. The van der Waals surface area contributed by atoms with Crippen LogP contribution in [-0.4, -0.2) is 29.9 Å². The summed E-state index contributed by atoms with van der Waals surface area (Å²) in [6.07, 6.45) is 4.31. The molecule has 0 amide bonds. The van der Waals surface area contributed by atoms with Crippen molar-refractivity contribution in [3.8, 4) is 11.4 Å². The van der Waals surface area contributed by atoms with Gasteiger partial charge < -0.3 is 19.8 Å². The molecule has 3 rings (SSSR count). The summed E-state index contributed by atoms with van der Waals surface area (Å²) in [5.41, 5.74) is 7.85. The van der Waals surface area contributed by atoms with Gasteiger partial charge in [-0.15, -0.1) is 0 Å². The largest absolute Gasteiger partial charge is 0.494 e. The van der Waals surface area contributed by atoms with Gasteiger partial charge in [-0.1, -0.05) is 0 Å². The summed E-state index contributed by atoms with van der Waals surface area (Å²) in [7, 11) is 1.44. The first-order chi connectivity index (χ1) is 10.2. The molecule has 0 spiro atoms. The molecule has 1 aromatic carbocycles. The molecule has 112 valence electrons. The summed E-state index contributed by atoms with van der Waals surface area (Å²) in [5.74, 6) is 0.0740. The lowest BCUT2D eigenvalue weighted by Crippen LogP contribution is -2.24. The summed E-state index contributed by atoms with van der Waals surface area (Å²) >= 11 is 0. The number of aromatic nitrogens is 2. The SMILES string of the molecule is COc1ccc(-n2cncc2C(N)C2CCOC2)cc1F. The van der Waals surface area contributed by atoms with Crippen LogP contribution in [0.15, 0.2) is 30.7 Å². The van der Waals surface area contributed by atoms with E-state index in [2.05, 4.69) is 4.98 Å². The average molecular weight is 291 g/mol. The fourth-order valence-corrected chi connectivity index (χ4v) is 2.65. The highest BCUT2D eigenvalue weighted by Crippen LogP contribution is 2.29. The first-order valence-corrected chi connectivity index (χ1v) is 6.90. The van der Waals surface area contributed by atoms with Crippen LogP contribution in [0.25, 0.3) is 5.69 Å². The Balaban J connectivity index is 1.93. The molecule has 2 aromatic rings. The molecule has 0 bridgehead atoms. The Morgan fingerprint density at radius 3 is 3.05 bits per heavy atom. The topological polar surface area (TPSA) is 62.3 Å². The fourth-order valence-electron chi connectivity index (χ4n) is 2.65. The maximum atomic E-state index is 13.9. The third-order valence-electron chi connectivity index (χ3n) is 3.89. The Morgan fingerprint density at radius 1 is 1.52 bits per heavy atom. The van der Waals surface area contributed by atoms with Crippen molar-refractivity contribution in [2.24, 2.45) is 11.7 Å². The Kier molecular flexibility index (Phi) is 3.90. The zero-order valence-electron chi connectivity index (χ0n) is 11.8. The lowest BCUT2D eigenvalue weighted by molar-refractivity contribution is 0.180. The number of nitrogens with zero attached hydrogens (tertiary/aromatic N) is 2. The van der Waals surface area contributed by atoms with Crippen LogP contribution in [0, 0.1) is 11.7 Å². The second-order valence-electron chi connectivity index (χ2n) is 5.16. The Morgan fingerprint density at radius 2 is 2.38 bits per heavy atom. The summed E-state index contributed by atoms with van der Waals surface area (Å²) in [5, 5.41) is 0. The maximum Gasteiger partial charge on any atom is 0.167 e. The van der Waals surface area contributed by atoms with Gasteiger partial charge in [0, 0.05) is 18.6 Å². The smallest absolute Gasteiger partial charge is 0.167 e. The quantitative estimate of drug-likeness (QED) is 0.936. The van der Waals surface area contributed by atoms with Gasteiger partial charge in [0.1, 0.15) is 0 Å². The molecular weight excluding hydrogens is 273 g/mol. The van der Waals surface area contributed by atoms with Gasteiger partial charge in [0.15, 0.2) is 11.6 Å². The average Bonchev–Trinajstić information content (AvgIpc) is 3.17. The second kappa shape index (κ2) is 5.83. The third-order valence-corrected chi connectivity index (χ3v) is 3.89. The van der Waals surface area contributed by atoms with E-state index in [0.29, 0.717) is 12.3 Å². The van der Waals surface area contributed by atoms with Crippen molar-refractivity contribution < 1.29 is 13.9 Å². The van der Waals surface area contributed by atoms with E-state index in [1.165, 1.54) is 13.2 Å². The van der Waals surface area contributed by atoms with Crippen LogP contribution in [0.3, 0.4) is 0 Å². The van der Waals surface area contributed by atoms with Crippen molar-refractivity contribution in [3.05, 3.63) is 42.2 Å². The van der Waals surface area contributed by atoms with Gasteiger partial charge in [0.25, 0.3) is 0 Å². The molecule has 0 radical (unpaired) electrons. The van der Waals surface area contributed by atoms with Gasteiger partial charge >= 0.3 is 0 Å². The first-order valence-electron chi connectivity index (χ1n) is 6.90. The lowest BCUT2D eigenvalue weighted by Gasteiger charge is -2.19. The molecule has 2 heterocycles. The molecule has 1 aliphatic heterocycles. The predicted molar refractivity (Wildman–Crippen MR) is 75.9 cm³/mol. The molecule has 1 fully saturated rings. The van der Waals surface area contributed by atoms with Crippen molar-refractivity contribution in [2.75, 3.05) is 20.3 Å². The van der Waals surface area contributed by atoms with E-state index >= 15 is 0 Å². The summed E-state index contributed by atoms with van der Waals surface area (Å²) < 4.78 is 26.0. The number of methoxy groups -OCH3 is 1. The van der Waals surface area contributed by atoms with Gasteiger partial charge in [0.2, 0.25) is 0 Å². The normalized spacial score (nSPS) is 19.7. The van der Waals surface area contributed by atoms with Gasteiger partial charge in [-0.3, -0.25) is 0 Å². The number of nitrogens with two attached hydrogens (primary N) is 1. The molecule has 6 heteroatoms. The van der Waals surface area contributed by atoms with E-state index in [9.17, 15) is 4.39 Å². The van der Waals surface area contributed by atoms with Crippen LogP contribution in [-0.2, 0) is 4.74 Å². The molecule has 0 aliphatic carbocycles. The van der Waals surface area contributed by atoms with Crippen molar-refractivity contribution in [1.82, 2.24) is 9.55 Å². The molecule has 0 saturated carbocycles. The highest BCUT2D eigenvalue weighted by molar-refractivity contribution is 5.40. The van der Waals surface area contributed by atoms with Crippen LogP contribution in [0.4, 0.5) is 4.39 Å². The van der Waals surface area contributed by atoms with Crippen LogP contribution in [0.2, 0.25) is 0 Å². The highest BCUT2D eigenvalue weighted by Gasteiger charge is 2.26. The van der Waals surface area contributed by atoms with Gasteiger partial charge in [0.05, 0.1) is 43.7 Å². The van der Waals surface area contributed by atoms with Crippen molar-refractivity contribution in [2.45, 2.75) is 12.5 Å². The van der Waals surface area contributed by atoms with Crippen LogP contribution in [0.1, 0.15) is 18.2 Å². The van der Waals surface area contributed by atoms with Crippen molar-refractivity contribution in [3.63, 3.8) is 0 Å². The van der Waals surface area contributed by atoms with E-state index in [4.69, 9.17) is 15.2 Å². The van der Waals surface area contributed by atoms with Crippen molar-refractivity contribution in [1.29, 1.82) is 0 Å². The third kappa shape index (κ3) is 2.64. The predicted octanol–water partition coefficient (Wildman–Crippen LogP) is 2.06. The number of hydrogen-bond donors (Lipinski definition) is 1. The number of rotatable bonds is 4.